The van der Waals surface area contributed by atoms with E-state index in [-0.39, 0.29) is 19.1 Å². The second-order valence-electron chi connectivity index (χ2n) is 9.49. The Morgan fingerprint density at radius 2 is 1.32 bits per heavy atom. The summed E-state index contributed by atoms with van der Waals surface area (Å²) in [5.74, 6) is -0.948. The lowest BCUT2D eigenvalue weighted by molar-refractivity contribution is -0.161. The van der Waals surface area contributed by atoms with Crippen molar-refractivity contribution in [3.8, 4) is 0 Å². The second kappa shape index (κ2) is 7.62. The lowest BCUT2D eigenvalue weighted by Gasteiger charge is -2.49. The first-order valence-corrected chi connectivity index (χ1v) is 9.17. The van der Waals surface area contributed by atoms with Gasteiger partial charge in [-0.25, -0.2) is 0 Å². The SMILES string of the molecule is CC(C)(C)[C@H](CO)N(C(=O)C1(C(N)=O)CCCC1)[C@@H](CO)C(C)(C)C. The number of aliphatic hydroxyl groups excluding tert-OH is 2. The van der Waals surface area contributed by atoms with Crippen LogP contribution in [0.1, 0.15) is 67.2 Å². The molecular formula is C19H36N2O4. The highest BCUT2D eigenvalue weighted by atomic mass is 16.3. The first-order chi connectivity index (χ1) is 11.3. The van der Waals surface area contributed by atoms with Crippen molar-refractivity contribution < 1.29 is 19.8 Å². The van der Waals surface area contributed by atoms with Crippen LogP contribution in [0.5, 0.6) is 0 Å². The monoisotopic (exact) mass is 356 g/mol. The van der Waals surface area contributed by atoms with E-state index in [2.05, 4.69) is 0 Å². The summed E-state index contributed by atoms with van der Waals surface area (Å²) in [6.07, 6.45) is 2.42. The Labute approximate surface area is 151 Å². The van der Waals surface area contributed by atoms with Gasteiger partial charge < -0.3 is 20.8 Å². The molecule has 6 heteroatoms. The van der Waals surface area contributed by atoms with Crippen LogP contribution in [-0.2, 0) is 9.59 Å². The van der Waals surface area contributed by atoms with Crippen molar-refractivity contribution in [2.24, 2.45) is 22.0 Å². The lowest BCUT2D eigenvalue weighted by atomic mass is 9.76. The number of nitrogens with zero attached hydrogens (tertiary/aromatic N) is 1. The molecule has 25 heavy (non-hydrogen) atoms. The van der Waals surface area contributed by atoms with Crippen LogP contribution in [0.4, 0.5) is 0 Å². The van der Waals surface area contributed by atoms with Crippen molar-refractivity contribution >= 4 is 11.8 Å². The van der Waals surface area contributed by atoms with Crippen molar-refractivity contribution in [3.05, 3.63) is 0 Å². The molecule has 1 saturated carbocycles. The van der Waals surface area contributed by atoms with Gasteiger partial charge >= 0.3 is 0 Å². The number of hydrogen-bond acceptors (Lipinski definition) is 4. The van der Waals surface area contributed by atoms with E-state index in [1.807, 2.05) is 41.5 Å². The summed E-state index contributed by atoms with van der Waals surface area (Å²) in [6.45, 7) is 11.2. The van der Waals surface area contributed by atoms with Gasteiger partial charge in [0.05, 0.1) is 25.3 Å². The van der Waals surface area contributed by atoms with Gasteiger partial charge in [-0.3, -0.25) is 9.59 Å². The van der Waals surface area contributed by atoms with Crippen molar-refractivity contribution in [1.29, 1.82) is 0 Å². The highest BCUT2D eigenvalue weighted by Gasteiger charge is 2.53. The molecule has 0 heterocycles. The minimum atomic E-state index is -1.22. The van der Waals surface area contributed by atoms with Gasteiger partial charge in [0.2, 0.25) is 11.8 Å². The molecule has 0 saturated heterocycles. The standard InChI is InChI=1S/C19H36N2O4/c1-17(2,3)13(11-22)21(14(12-23)18(4,5)6)16(25)19(15(20)24)9-7-8-10-19/h13-14,22-23H,7-12H2,1-6H3,(H2,20,24)/t13-,14-/m0/s1. The highest BCUT2D eigenvalue weighted by Crippen LogP contribution is 2.43. The number of aliphatic hydroxyl groups is 2. The Balaban J connectivity index is 3.49. The Hall–Kier alpha value is -1.14. The fourth-order valence-electron chi connectivity index (χ4n) is 3.85. The summed E-state index contributed by atoms with van der Waals surface area (Å²) in [5.41, 5.74) is 3.60. The van der Waals surface area contributed by atoms with Crippen LogP contribution in [0.2, 0.25) is 0 Å². The first-order valence-electron chi connectivity index (χ1n) is 9.17. The van der Waals surface area contributed by atoms with E-state index in [4.69, 9.17) is 5.73 Å². The maximum absolute atomic E-state index is 13.6. The van der Waals surface area contributed by atoms with Gasteiger partial charge in [0.1, 0.15) is 5.41 Å². The van der Waals surface area contributed by atoms with Crippen molar-refractivity contribution in [2.75, 3.05) is 13.2 Å². The molecule has 0 bridgehead atoms. The summed E-state index contributed by atoms with van der Waals surface area (Å²) in [5, 5.41) is 20.1. The van der Waals surface area contributed by atoms with Crippen molar-refractivity contribution in [3.63, 3.8) is 0 Å². The predicted molar refractivity (Wildman–Crippen MR) is 97.6 cm³/mol. The van der Waals surface area contributed by atoms with Crippen LogP contribution in [0, 0.1) is 16.2 Å². The van der Waals surface area contributed by atoms with E-state index < -0.39 is 34.2 Å². The van der Waals surface area contributed by atoms with Gasteiger partial charge in [-0.15, -0.1) is 0 Å². The number of carbonyl (C=O) groups is 2. The highest BCUT2D eigenvalue weighted by molar-refractivity contribution is 6.05. The topological polar surface area (TPSA) is 104 Å². The summed E-state index contributed by atoms with van der Waals surface area (Å²) < 4.78 is 0. The molecule has 6 nitrogen and oxygen atoms in total. The minimum Gasteiger partial charge on any atom is -0.394 e. The Morgan fingerprint density at radius 3 is 1.56 bits per heavy atom. The van der Waals surface area contributed by atoms with Gasteiger partial charge in [-0.2, -0.15) is 0 Å². The van der Waals surface area contributed by atoms with Crippen LogP contribution < -0.4 is 5.73 Å². The molecule has 2 atom stereocenters. The fraction of sp³-hybridized carbons (Fsp3) is 0.895. The molecule has 0 aromatic rings. The summed E-state index contributed by atoms with van der Waals surface area (Å²) in [6, 6.07) is -1.04. The molecule has 1 fully saturated rings. The zero-order valence-electron chi connectivity index (χ0n) is 16.6. The first kappa shape index (κ1) is 21.9. The maximum Gasteiger partial charge on any atom is 0.238 e. The molecule has 4 N–H and O–H groups in total. The van der Waals surface area contributed by atoms with E-state index in [9.17, 15) is 19.8 Å². The van der Waals surface area contributed by atoms with Crippen molar-refractivity contribution in [1.82, 2.24) is 4.90 Å². The Bertz CT molecular complexity index is 463. The van der Waals surface area contributed by atoms with Crippen LogP contribution in [0.3, 0.4) is 0 Å². The minimum absolute atomic E-state index is 0.239. The predicted octanol–water partition coefficient (Wildman–Crippen LogP) is 1.67. The van der Waals surface area contributed by atoms with E-state index in [1.54, 1.807) is 4.90 Å². The molecule has 0 aromatic heterocycles. The zero-order valence-corrected chi connectivity index (χ0v) is 16.6. The largest absolute Gasteiger partial charge is 0.394 e. The number of rotatable bonds is 6. The summed E-state index contributed by atoms with van der Waals surface area (Å²) in [4.78, 5) is 27.4. The third kappa shape index (κ3) is 4.34. The molecule has 0 aliphatic heterocycles. The summed E-state index contributed by atoms with van der Waals surface area (Å²) in [7, 11) is 0. The average Bonchev–Trinajstić information content (AvgIpc) is 2.94. The Kier molecular flexibility index (Phi) is 6.68. The van der Waals surface area contributed by atoms with Gasteiger partial charge in [0.25, 0.3) is 0 Å². The van der Waals surface area contributed by atoms with Crippen LogP contribution in [0.15, 0.2) is 0 Å². The van der Waals surface area contributed by atoms with Crippen LogP contribution >= 0.6 is 0 Å². The number of amides is 2. The average molecular weight is 357 g/mol. The summed E-state index contributed by atoms with van der Waals surface area (Å²) >= 11 is 0. The molecule has 0 aromatic carbocycles. The lowest BCUT2D eigenvalue weighted by Crippen LogP contribution is -2.63. The molecule has 1 rings (SSSR count). The molecular weight excluding hydrogens is 320 g/mol. The van der Waals surface area contributed by atoms with E-state index >= 15 is 0 Å². The van der Waals surface area contributed by atoms with E-state index in [0.717, 1.165) is 12.8 Å². The number of nitrogens with two attached hydrogens (primary N) is 1. The van der Waals surface area contributed by atoms with Crippen LogP contribution in [-0.4, -0.2) is 52.2 Å². The smallest absolute Gasteiger partial charge is 0.238 e. The maximum atomic E-state index is 13.6. The molecule has 0 spiro atoms. The van der Waals surface area contributed by atoms with Gasteiger partial charge in [0.15, 0.2) is 0 Å². The zero-order chi connectivity index (χ0) is 19.6. The van der Waals surface area contributed by atoms with Gasteiger partial charge in [-0.05, 0) is 23.7 Å². The number of hydrogen-bond donors (Lipinski definition) is 3. The molecule has 146 valence electrons. The third-order valence-corrected chi connectivity index (χ3v) is 5.59. The number of primary amides is 1. The second-order valence-corrected chi connectivity index (χ2v) is 9.49. The van der Waals surface area contributed by atoms with Gasteiger partial charge in [-0.1, -0.05) is 54.4 Å². The van der Waals surface area contributed by atoms with Crippen molar-refractivity contribution in [2.45, 2.75) is 79.3 Å². The van der Waals surface area contributed by atoms with Gasteiger partial charge in [0, 0.05) is 0 Å². The fourth-order valence-corrected chi connectivity index (χ4v) is 3.85. The van der Waals surface area contributed by atoms with Crippen LogP contribution in [0.25, 0.3) is 0 Å². The Morgan fingerprint density at radius 1 is 0.960 bits per heavy atom. The molecule has 1 aliphatic rings. The molecule has 2 amide bonds. The normalized spacial score (nSPS) is 20.2. The van der Waals surface area contributed by atoms with E-state index in [0.29, 0.717) is 12.8 Å². The van der Waals surface area contributed by atoms with E-state index in [1.165, 1.54) is 0 Å². The quantitative estimate of drug-likeness (QED) is 0.630. The number of carbonyl (C=O) groups excluding carboxylic acids is 2. The molecule has 1 aliphatic carbocycles. The molecule has 0 unspecified atom stereocenters. The molecule has 0 radical (unpaired) electrons. The third-order valence-electron chi connectivity index (χ3n) is 5.59.